The highest BCUT2D eigenvalue weighted by Gasteiger charge is 2.29. The molecule has 0 radical (unpaired) electrons. The van der Waals surface area contributed by atoms with Gasteiger partial charge in [0.1, 0.15) is 6.61 Å². The number of hydrogen-bond donors (Lipinski definition) is 0. The fourth-order valence-corrected chi connectivity index (χ4v) is 2.73. The van der Waals surface area contributed by atoms with E-state index in [0.29, 0.717) is 24.3 Å². The number of oxime groups is 1. The molecule has 0 unspecified atom stereocenters. The van der Waals surface area contributed by atoms with Gasteiger partial charge in [-0.3, -0.25) is 0 Å². The molecule has 0 heterocycles. The zero-order valence-corrected chi connectivity index (χ0v) is 17.0. The largest absolute Gasteiger partial charge is 0.467 e. The number of ether oxygens (including phenoxy) is 2. The van der Waals surface area contributed by atoms with Crippen molar-refractivity contribution in [1.29, 1.82) is 0 Å². The quantitative estimate of drug-likeness (QED) is 0.331. The van der Waals surface area contributed by atoms with Crippen LogP contribution in [0, 0.1) is 0 Å². The third kappa shape index (κ3) is 6.88. The van der Waals surface area contributed by atoms with Crippen LogP contribution in [0.2, 0.25) is 0 Å². The van der Waals surface area contributed by atoms with Gasteiger partial charge >= 0.3 is 12.1 Å². The second-order valence-electron chi connectivity index (χ2n) is 6.52. The Labute approximate surface area is 173 Å². The molecule has 162 valence electrons. The Morgan fingerprint density at radius 3 is 2.40 bits per heavy atom. The second kappa shape index (κ2) is 10.8. The summed E-state index contributed by atoms with van der Waals surface area (Å²) in [5.41, 5.74) is 2.12. The summed E-state index contributed by atoms with van der Waals surface area (Å²) in [5.74, 6) is -0.437. The molecule has 0 saturated heterocycles. The van der Waals surface area contributed by atoms with Gasteiger partial charge in [-0.05, 0) is 48.7 Å². The third-order valence-electron chi connectivity index (χ3n) is 4.31. The number of carbonyl (C=O) groups is 1. The van der Waals surface area contributed by atoms with E-state index in [1.807, 2.05) is 24.3 Å². The number of esters is 1. The molecule has 0 aliphatic heterocycles. The first kappa shape index (κ1) is 23.4. The molecule has 0 aromatic heterocycles. The van der Waals surface area contributed by atoms with Crippen LogP contribution in [0.5, 0.6) is 0 Å². The van der Waals surface area contributed by atoms with E-state index in [2.05, 4.69) is 5.16 Å². The topological polar surface area (TPSA) is 57.1 Å². The van der Waals surface area contributed by atoms with Crippen LogP contribution in [0.1, 0.15) is 36.1 Å². The number of rotatable bonds is 9. The highest BCUT2D eigenvalue weighted by Crippen LogP contribution is 2.29. The van der Waals surface area contributed by atoms with Gasteiger partial charge in [-0.15, -0.1) is 0 Å². The molecule has 2 aromatic rings. The van der Waals surface area contributed by atoms with Gasteiger partial charge in [0.25, 0.3) is 0 Å². The molecule has 0 N–H and O–H groups in total. The SMILES string of the molecule is CCO[C@H](Cc1cccc(/C(C)=N/OCc2ccc(C(F)(F)F)cc2)c1)C(=O)OC. The Morgan fingerprint density at radius 1 is 1.10 bits per heavy atom. The average molecular weight is 423 g/mol. The molecule has 1 atom stereocenters. The fourth-order valence-electron chi connectivity index (χ4n) is 2.73. The predicted molar refractivity (Wildman–Crippen MR) is 106 cm³/mol. The Balaban J connectivity index is 2.01. The van der Waals surface area contributed by atoms with Gasteiger partial charge < -0.3 is 14.3 Å². The molecule has 5 nitrogen and oxygen atoms in total. The van der Waals surface area contributed by atoms with Crippen molar-refractivity contribution < 1.29 is 32.3 Å². The summed E-state index contributed by atoms with van der Waals surface area (Å²) in [5, 5.41) is 4.04. The molecular formula is C22H24F3NO4. The fraction of sp³-hybridized carbons (Fsp3) is 0.364. The van der Waals surface area contributed by atoms with E-state index in [9.17, 15) is 18.0 Å². The monoisotopic (exact) mass is 423 g/mol. The highest BCUT2D eigenvalue weighted by atomic mass is 19.4. The molecular weight excluding hydrogens is 399 g/mol. The summed E-state index contributed by atoms with van der Waals surface area (Å²) in [6.45, 7) is 3.99. The lowest BCUT2D eigenvalue weighted by Crippen LogP contribution is -2.28. The number of benzene rings is 2. The van der Waals surface area contributed by atoms with E-state index < -0.39 is 23.8 Å². The first-order chi connectivity index (χ1) is 14.2. The van der Waals surface area contributed by atoms with Crippen molar-refractivity contribution in [3.63, 3.8) is 0 Å². The lowest BCUT2D eigenvalue weighted by molar-refractivity contribution is -0.153. The van der Waals surface area contributed by atoms with E-state index in [0.717, 1.165) is 23.3 Å². The third-order valence-corrected chi connectivity index (χ3v) is 4.31. The molecule has 0 amide bonds. The average Bonchev–Trinajstić information content (AvgIpc) is 2.72. The molecule has 0 aliphatic rings. The number of hydrogen-bond acceptors (Lipinski definition) is 5. The number of nitrogens with zero attached hydrogens (tertiary/aromatic N) is 1. The first-order valence-electron chi connectivity index (χ1n) is 9.36. The number of alkyl halides is 3. The smallest absolute Gasteiger partial charge is 0.416 e. The zero-order valence-electron chi connectivity index (χ0n) is 17.0. The lowest BCUT2D eigenvalue weighted by Gasteiger charge is -2.15. The van der Waals surface area contributed by atoms with Crippen LogP contribution in [-0.4, -0.2) is 31.5 Å². The van der Waals surface area contributed by atoms with E-state index in [1.165, 1.54) is 19.2 Å². The maximum atomic E-state index is 12.6. The molecule has 0 bridgehead atoms. The lowest BCUT2D eigenvalue weighted by atomic mass is 10.0. The summed E-state index contributed by atoms with van der Waals surface area (Å²) in [6.07, 6.45) is -4.70. The molecule has 8 heteroatoms. The van der Waals surface area contributed by atoms with Crippen LogP contribution in [0.3, 0.4) is 0 Å². The standard InChI is InChI=1S/C22H24F3NO4/c1-4-29-20(21(27)28-3)13-17-6-5-7-18(12-17)15(2)26-30-14-16-8-10-19(11-9-16)22(23,24)25/h5-12,20H,4,13-14H2,1-3H3/b26-15+/t20-/m1/s1. The minimum absolute atomic E-state index is 0.0456. The van der Waals surface area contributed by atoms with Gasteiger partial charge in [0.15, 0.2) is 6.10 Å². The van der Waals surface area contributed by atoms with Gasteiger partial charge in [0.05, 0.1) is 18.4 Å². The van der Waals surface area contributed by atoms with Gasteiger partial charge in [-0.25, -0.2) is 4.79 Å². The van der Waals surface area contributed by atoms with E-state index >= 15 is 0 Å². The van der Waals surface area contributed by atoms with Crippen LogP contribution < -0.4 is 0 Å². The van der Waals surface area contributed by atoms with Crippen LogP contribution in [0.25, 0.3) is 0 Å². The van der Waals surface area contributed by atoms with Crippen molar-refractivity contribution in [3.8, 4) is 0 Å². The molecule has 0 saturated carbocycles. The highest BCUT2D eigenvalue weighted by molar-refractivity contribution is 5.98. The van der Waals surface area contributed by atoms with Gasteiger partial charge in [-0.2, -0.15) is 13.2 Å². The Kier molecular flexibility index (Phi) is 8.41. The Morgan fingerprint density at radius 2 is 1.80 bits per heavy atom. The number of methoxy groups -OCH3 is 1. The zero-order chi connectivity index (χ0) is 22.1. The summed E-state index contributed by atoms with van der Waals surface area (Å²) in [7, 11) is 1.32. The van der Waals surface area contributed by atoms with Crippen molar-refractivity contribution in [1.82, 2.24) is 0 Å². The summed E-state index contributed by atoms with van der Waals surface area (Å²) in [4.78, 5) is 17.1. The number of carbonyl (C=O) groups excluding carboxylic acids is 1. The molecule has 30 heavy (non-hydrogen) atoms. The van der Waals surface area contributed by atoms with E-state index in [4.69, 9.17) is 14.3 Å². The molecule has 0 spiro atoms. The maximum absolute atomic E-state index is 12.6. The van der Waals surface area contributed by atoms with Gasteiger partial charge in [-0.1, -0.05) is 35.5 Å². The number of halogens is 3. The first-order valence-corrected chi connectivity index (χ1v) is 9.36. The molecule has 2 aromatic carbocycles. The summed E-state index contributed by atoms with van der Waals surface area (Å²) < 4.78 is 48.0. The van der Waals surface area contributed by atoms with Crippen molar-refractivity contribution in [2.24, 2.45) is 5.16 Å². The maximum Gasteiger partial charge on any atom is 0.416 e. The van der Waals surface area contributed by atoms with Crippen LogP contribution in [0.15, 0.2) is 53.7 Å². The van der Waals surface area contributed by atoms with E-state index in [1.54, 1.807) is 13.8 Å². The van der Waals surface area contributed by atoms with E-state index in [-0.39, 0.29) is 6.61 Å². The van der Waals surface area contributed by atoms with Crippen LogP contribution in [0.4, 0.5) is 13.2 Å². The summed E-state index contributed by atoms with van der Waals surface area (Å²) in [6, 6.07) is 12.1. The minimum atomic E-state index is -4.37. The van der Waals surface area contributed by atoms with Crippen molar-refractivity contribution in [3.05, 3.63) is 70.8 Å². The van der Waals surface area contributed by atoms with Crippen LogP contribution in [-0.2, 0) is 38.3 Å². The molecule has 0 aliphatic carbocycles. The summed E-state index contributed by atoms with van der Waals surface area (Å²) >= 11 is 0. The normalized spacial score (nSPS) is 13.1. The van der Waals surface area contributed by atoms with Gasteiger partial charge in [0, 0.05) is 13.0 Å². The minimum Gasteiger partial charge on any atom is -0.467 e. The predicted octanol–water partition coefficient (Wildman–Crippen LogP) is 4.77. The second-order valence-corrected chi connectivity index (χ2v) is 6.52. The molecule has 2 rings (SSSR count). The van der Waals surface area contributed by atoms with Gasteiger partial charge in [0.2, 0.25) is 0 Å². The van der Waals surface area contributed by atoms with Crippen molar-refractivity contribution in [2.75, 3.05) is 13.7 Å². The van der Waals surface area contributed by atoms with Crippen molar-refractivity contribution in [2.45, 2.75) is 39.2 Å². The van der Waals surface area contributed by atoms with Crippen LogP contribution >= 0.6 is 0 Å². The van der Waals surface area contributed by atoms with Crippen molar-refractivity contribution >= 4 is 11.7 Å². The Hall–Kier alpha value is -2.87. The molecule has 0 fully saturated rings. The Bertz CT molecular complexity index is 863.